The molecule has 0 unspecified atom stereocenters. The molecule has 1 saturated heterocycles. The van der Waals surface area contributed by atoms with Gasteiger partial charge in [0.1, 0.15) is 5.82 Å². The van der Waals surface area contributed by atoms with Crippen LogP contribution in [0.4, 0.5) is 11.8 Å². The van der Waals surface area contributed by atoms with Crippen molar-refractivity contribution in [2.75, 3.05) is 43.4 Å². The maximum absolute atomic E-state index is 10.8. The van der Waals surface area contributed by atoms with Crippen molar-refractivity contribution in [3.8, 4) is 22.6 Å². The number of carboxylic acids is 1. The van der Waals surface area contributed by atoms with Crippen molar-refractivity contribution in [2.24, 2.45) is 0 Å². The molecule has 0 radical (unpaired) electrons. The van der Waals surface area contributed by atoms with E-state index in [0.29, 0.717) is 18.3 Å². The van der Waals surface area contributed by atoms with E-state index in [4.69, 9.17) is 20.3 Å². The Morgan fingerprint density at radius 1 is 0.923 bits per heavy atom. The van der Waals surface area contributed by atoms with Crippen molar-refractivity contribution in [3.05, 3.63) is 66.4 Å². The molecule has 1 aliphatic carbocycles. The minimum Gasteiger partial charge on any atom is -0.481 e. The number of hydrogen-bond acceptors (Lipinski definition) is 10. The van der Waals surface area contributed by atoms with Crippen LogP contribution < -0.4 is 10.6 Å². The molecule has 11 nitrogen and oxygen atoms in total. The van der Waals surface area contributed by atoms with Gasteiger partial charge in [0.2, 0.25) is 5.95 Å². The molecule has 3 N–H and O–H groups in total. The number of anilines is 2. The standard InChI is InChI=1S/C28H30N8O3/c29-27-31-17-21(18-32-27)19-2-5-22(6-3-19)28(9-1-10-28)26-33-25(39-34-26)20-4-7-23(30-16-20)36-14-12-35(13-15-36)11-8-24(37)38/h2-7,16-18H,1,8-15H2,(H,37,38)(H2,29,31,32). The van der Waals surface area contributed by atoms with Gasteiger partial charge >= 0.3 is 5.97 Å². The van der Waals surface area contributed by atoms with Crippen LogP contribution in [0.5, 0.6) is 0 Å². The van der Waals surface area contributed by atoms with Gasteiger partial charge in [0, 0.05) is 56.9 Å². The molecule has 4 heterocycles. The molecule has 2 fully saturated rings. The number of pyridine rings is 1. The van der Waals surface area contributed by atoms with E-state index in [1.807, 2.05) is 12.1 Å². The average Bonchev–Trinajstić information content (AvgIpc) is 3.43. The molecule has 200 valence electrons. The molecule has 0 atom stereocenters. The molecule has 0 bridgehead atoms. The van der Waals surface area contributed by atoms with Gasteiger partial charge < -0.3 is 20.3 Å². The highest BCUT2D eigenvalue weighted by Gasteiger charge is 2.44. The van der Waals surface area contributed by atoms with Crippen LogP contribution in [0.25, 0.3) is 22.6 Å². The first-order chi connectivity index (χ1) is 19.0. The Hall–Kier alpha value is -4.38. The van der Waals surface area contributed by atoms with E-state index >= 15 is 0 Å². The van der Waals surface area contributed by atoms with E-state index in [1.165, 1.54) is 0 Å². The summed E-state index contributed by atoms with van der Waals surface area (Å²) in [5.74, 6) is 1.55. The van der Waals surface area contributed by atoms with Gasteiger partial charge in [-0.15, -0.1) is 0 Å². The lowest BCUT2D eigenvalue weighted by molar-refractivity contribution is -0.137. The molecule has 0 amide bonds. The Morgan fingerprint density at radius 2 is 1.62 bits per heavy atom. The first-order valence-corrected chi connectivity index (χ1v) is 13.2. The molecule has 39 heavy (non-hydrogen) atoms. The fraction of sp³-hybridized carbons (Fsp3) is 0.357. The number of benzene rings is 1. The zero-order chi connectivity index (χ0) is 26.8. The largest absolute Gasteiger partial charge is 0.481 e. The van der Waals surface area contributed by atoms with Crippen LogP contribution in [-0.2, 0) is 10.2 Å². The number of carbonyl (C=O) groups is 1. The highest BCUT2D eigenvalue weighted by Crippen LogP contribution is 2.48. The first-order valence-electron chi connectivity index (χ1n) is 13.2. The van der Waals surface area contributed by atoms with E-state index in [-0.39, 0.29) is 17.8 Å². The van der Waals surface area contributed by atoms with Crippen LogP contribution in [0.2, 0.25) is 0 Å². The highest BCUT2D eigenvalue weighted by atomic mass is 16.5. The van der Waals surface area contributed by atoms with E-state index in [9.17, 15) is 4.79 Å². The monoisotopic (exact) mass is 526 g/mol. The van der Waals surface area contributed by atoms with Crippen LogP contribution >= 0.6 is 0 Å². The van der Waals surface area contributed by atoms with Crippen LogP contribution in [0.3, 0.4) is 0 Å². The molecule has 6 rings (SSSR count). The topological polar surface area (TPSA) is 147 Å². The maximum atomic E-state index is 10.8. The van der Waals surface area contributed by atoms with Gasteiger partial charge in [-0.1, -0.05) is 35.8 Å². The van der Waals surface area contributed by atoms with Gasteiger partial charge in [-0.3, -0.25) is 9.69 Å². The molecule has 0 spiro atoms. The lowest BCUT2D eigenvalue weighted by Crippen LogP contribution is -2.47. The van der Waals surface area contributed by atoms with Gasteiger partial charge in [-0.2, -0.15) is 4.98 Å². The van der Waals surface area contributed by atoms with Gasteiger partial charge in [0.05, 0.1) is 17.4 Å². The van der Waals surface area contributed by atoms with Crippen molar-refractivity contribution >= 4 is 17.7 Å². The van der Waals surface area contributed by atoms with Gasteiger partial charge in [0.25, 0.3) is 5.89 Å². The summed E-state index contributed by atoms with van der Waals surface area (Å²) in [6.07, 6.45) is 8.44. The summed E-state index contributed by atoms with van der Waals surface area (Å²) in [4.78, 5) is 32.8. The molecular formula is C28H30N8O3. The summed E-state index contributed by atoms with van der Waals surface area (Å²) < 4.78 is 5.71. The minimum absolute atomic E-state index is 0.171. The molecule has 2 aliphatic rings. The Labute approximate surface area is 225 Å². The predicted molar refractivity (Wildman–Crippen MR) is 145 cm³/mol. The molecule has 1 aliphatic heterocycles. The van der Waals surface area contributed by atoms with Gasteiger partial charge in [-0.25, -0.2) is 15.0 Å². The van der Waals surface area contributed by atoms with E-state index < -0.39 is 5.97 Å². The van der Waals surface area contributed by atoms with E-state index in [0.717, 1.165) is 73.5 Å². The molecule has 3 aromatic heterocycles. The maximum Gasteiger partial charge on any atom is 0.304 e. The molecular weight excluding hydrogens is 496 g/mol. The van der Waals surface area contributed by atoms with Crippen LogP contribution in [-0.4, -0.2) is 73.8 Å². The number of nitrogens with two attached hydrogens (primary N) is 1. The van der Waals surface area contributed by atoms with Gasteiger partial charge in [-0.05, 0) is 36.1 Å². The summed E-state index contributed by atoms with van der Waals surface area (Å²) >= 11 is 0. The van der Waals surface area contributed by atoms with Gasteiger partial charge in [0.15, 0.2) is 5.82 Å². The number of rotatable bonds is 8. The number of nitrogens with zero attached hydrogens (tertiary/aromatic N) is 7. The Bertz CT molecular complexity index is 1430. The Kier molecular flexibility index (Phi) is 6.65. The lowest BCUT2D eigenvalue weighted by atomic mass is 9.64. The summed E-state index contributed by atoms with van der Waals surface area (Å²) in [5.41, 5.74) is 9.24. The smallest absolute Gasteiger partial charge is 0.304 e. The second-order valence-electron chi connectivity index (χ2n) is 10.1. The fourth-order valence-electron chi connectivity index (χ4n) is 5.33. The average molecular weight is 527 g/mol. The molecule has 1 aromatic carbocycles. The zero-order valence-electron chi connectivity index (χ0n) is 21.5. The Balaban J connectivity index is 1.14. The SMILES string of the molecule is Nc1ncc(-c2ccc(C3(c4noc(-c5ccc(N6CCN(CCC(=O)O)CC6)nc5)n4)CCC3)cc2)cn1. The van der Waals surface area contributed by atoms with Crippen molar-refractivity contribution in [1.82, 2.24) is 30.0 Å². The molecule has 4 aromatic rings. The quantitative estimate of drug-likeness (QED) is 0.349. The fourth-order valence-corrected chi connectivity index (χ4v) is 5.33. The summed E-state index contributed by atoms with van der Waals surface area (Å²) in [6, 6.07) is 12.3. The third-order valence-corrected chi connectivity index (χ3v) is 7.84. The lowest BCUT2D eigenvalue weighted by Gasteiger charge is -2.39. The van der Waals surface area contributed by atoms with Crippen LogP contribution in [0.15, 0.2) is 59.5 Å². The summed E-state index contributed by atoms with van der Waals surface area (Å²) in [6.45, 7) is 3.84. The summed E-state index contributed by atoms with van der Waals surface area (Å²) in [5, 5.41) is 13.3. The number of aromatic nitrogens is 5. The van der Waals surface area contributed by atoms with Crippen molar-refractivity contribution in [1.29, 1.82) is 0 Å². The second kappa shape index (κ2) is 10.4. The number of piperazine rings is 1. The van der Waals surface area contributed by atoms with Crippen molar-refractivity contribution < 1.29 is 14.4 Å². The number of hydrogen-bond donors (Lipinski definition) is 2. The number of aliphatic carboxylic acids is 1. The van der Waals surface area contributed by atoms with Crippen molar-refractivity contribution in [2.45, 2.75) is 31.1 Å². The minimum atomic E-state index is -0.759. The van der Waals surface area contributed by atoms with E-state index in [1.54, 1.807) is 18.6 Å². The number of nitrogen functional groups attached to an aromatic ring is 1. The highest BCUT2D eigenvalue weighted by molar-refractivity contribution is 5.67. The number of carboxylic acid groups (broad SMARTS) is 1. The Morgan fingerprint density at radius 3 is 2.23 bits per heavy atom. The normalized spacial score (nSPS) is 17.1. The zero-order valence-corrected chi connectivity index (χ0v) is 21.5. The predicted octanol–water partition coefficient (Wildman–Crippen LogP) is 3.24. The van der Waals surface area contributed by atoms with Crippen LogP contribution in [0.1, 0.15) is 37.1 Å². The first kappa shape index (κ1) is 24.9. The van der Waals surface area contributed by atoms with E-state index in [2.05, 4.69) is 54.2 Å². The molecule has 11 heteroatoms. The molecule has 1 saturated carbocycles. The third kappa shape index (κ3) is 5.05. The van der Waals surface area contributed by atoms with Crippen molar-refractivity contribution in [3.63, 3.8) is 0 Å². The summed E-state index contributed by atoms with van der Waals surface area (Å²) in [7, 11) is 0. The van der Waals surface area contributed by atoms with Crippen LogP contribution in [0, 0.1) is 0 Å². The second-order valence-corrected chi connectivity index (χ2v) is 10.1. The third-order valence-electron chi connectivity index (χ3n) is 7.84.